The molecule has 6 heteroatoms. The summed E-state index contributed by atoms with van der Waals surface area (Å²) in [6.45, 7) is 4.40. The van der Waals surface area contributed by atoms with Crippen LogP contribution in [0.25, 0.3) is 0 Å². The number of ether oxygens (including phenoxy) is 2. The van der Waals surface area contributed by atoms with E-state index in [-0.39, 0.29) is 12.5 Å². The summed E-state index contributed by atoms with van der Waals surface area (Å²) in [5, 5.41) is 10.9. The molecule has 1 aromatic heterocycles. The summed E-state index contributed by atoms with van der Waals surface area (Å²) in [6, 6.07) is 12.5. The summed E-state index contributed by atoms with van der Waals surface area (Å²) in [5.74, 6) is 0.721. The Bertz CT molecular complexity index is 663. The molecule has 1 heterocycles. The molecule has 0 amide bonds. The van der Waals surface area contributed by atoms with Crippen LogP contribution < -0.4 is 4.74 Å². The van der Waals surface area contributed by atoms with Gasteiger partial charge in [-0.25, -0.2) is 9.78 Å². The minimum absolute atomic E-state index is 0.0916. The number of esters is 1. The van der Waals surface area contributed by atoms with Gasteiger partial charge in [-0.2, -0.15) is 0 Å². The Morgan fingerprint density at radius 2 is 1.92 bits per heavy atom. The number of hydrogen-bond acceptors (Lipinski definition) is 6. The van der Waals surface area contributed by atoms with Crippen LogP contribution in [0.3, 0.4) is 0 Å². The molecule has 25 heavy (non-hydrogen) atoms. The lowest BCUT2D eigenvalue weighted by atomic mass is 10.2. The number of thioether (sulfide) groups is 1. The second kappa shape index (κ2) is 10.1. The Labute approximate surface area is 152 Å². The third-order valence-corrected chi connectivity index (χ3v) is 4.24. The van der Waals surface area contributed by atoms with Crippen LogP contribution in [0.15, 0.2) is 53.7 Å². The van der Waals surface area contributed by atoms with Crippen molar-refractivity contribution in [2.45, 2.75) is 25.0 Å². The summed E-state index contributed by atoms with van der Waals surface area (Å²) in [7, 11) is 0. The second-order valence-corrected chi connectivity index (χ2v) is 6.97. The summed E-state index contributed by atoms with van der Waals surface area (Å²) >= 11 is 1.45. The van der Waals surface area contributed by atoms with Crippen molar-refractivity contribution in [2.75, 3.05) is 19.0 Å². The van der Waals surface area contributed by atoms with Crippen molar-refractivity contribution in [1.29, 1.82) is 0 Å². The number of aromatic nitrogens is 1. The van der Waals surface area contributed by atoms with Crippen LogP contribution in [0.4, 0.5) is 0 Å². The molecule has 0 aliphatic rings. The summed E-state index contributed by atoms with van der Waals surface area (Å²) < 4.78 is 10.9. The first-order valence-electron chi connectivity index (χ1n) is 8.17. The molecule has 0 saturated carbocycles. The maximum absolute atomic E-state index is 12.1. The molecular formula is C19H23NO4S. The van der Waals surface area contributed by atoms with Crippen molar-refractivity contribution in [3.8, 4) is 5.75 Å². The molecule has 1 unspecified atom stereocenters. The highest BCUT2D eigenvalue weighted by molar-refractivity contribution is 7.99. The van der Waals surface area contributed by atoms with Crippen LogP contribution in [0.2, 0.25) is 0 Å². The quantitative estimate of drug-likeness (QED) is 0.545. The number of para-hydroxylation sites is 1. The Hall–Kier alpha value is -2.05. The molecule has 1 aromatic carbocycles. The molecule has 0 radical (unpaired) electrons. The Balaban J connectivity index is 1.86. The van der Waals surface area contributed by atoms with E-state index in [0.29, 0.717) is 23.7 Å². The zero-order valence-corrected chi connectivity index (χ0v) is 15.2. The van der Waals surface area contributed by atoms with E-state index in [1.54, 1.807) is 30.5 Å². The SMILES string of the molecule is CC(C)COC(=O)c1ccccc1OCC(O)CSc1ccccn1. The van der Waals surface area contributed by atoms with E-state index >= 15 is 0 Å². The van der Waals surface area contributed by atoms with E-state index in [2.05, 4.69) is 4.98 Å². The molecule has 0 saturated heterocycles. The first kappa shape index (κ1) is 19.3. The van der Waals surface area contributed by atoms with Crippen LogP contribution in [0.5, 0.6) is 5.75 Å². The Morgan fingerprint density at radius 3 is 2.64 bits per heavy atom. The topological polar surface area (TPSA) is 68.7 Å². The van der Waals surface area contributed by atoms with Crippen LogP contribution in [-0.4, -0.2) is 41.1 Å². The van der Waals surface area contributed by atoms with Crippen LogP contribution >= 0.6 is 11.8 Å². The van der Waals surface area contributed by atoms with Crippen molar-refractivity contribution in [3.63, 3.8) is 0 Å². The zero-order chi connectivity index (χ0) is 18.1. The maximum Gasteiger partial charge on any atom is 0.341 e. The largest absolute Gasteiger partial charge is 0.490 e. The molecule has 134 valence electrons. The van der Waals surface area contributed by atoms with Crippen molar-refractivity contribution >= 4 is 17.7 Å². The fourth-order valence-electron chi connectivity index (χ4n) is 1.93. The van der Waals surface area contributed by atoms with Gasteiger partial charge in [0.05, 0.1) is 17.7 Å². The van der Waals surface area contributed by atoms with E-state index in [4.69, 9.17) is 9.47 Å². The normalized spacial score (nSPS) is 12.0. The van der Waals surface area contributed by atoms with Gasteiger partial charge in [0.2, 0.25) is 0 Å². The lowest BCUT2D eigenvalue weighted by Crippen LogP contribution is -2.21. The average Bonchev–Trinajstić information content (AvgIpc) is 2.63. The van der Waals surface area contributed by atoms with Gasteiger partial charge in [0, 0.05) is 11.9 Å². The van der Waals surface area contributed by atoms with Gasteiger partial charge < -0.3 is 14.6 Å². The van der Waals surface area contributed by atoms with Crippen molar-refractivity contribution < 1.29 is 19.4 Å². The third kappa shape index (κ3) is 6.76. The number of hydrogen-bond donors (Lipinski definition) is 1. The zero-order valence-electron chi connectivity index (χ0n) is 14.4. The second-order valence-electron chi connectivity index (χ2n) is 5.93. The van der Waals surface area contributed by atoms with E-state index in [1.807, 2.05) is 32.0 Å². The Morgan fingerprint density at radius 1 is 1.16 bits per heavy atom. The van der Waals surface area contributed by atoms with Crippen molar-refractivity contribution in [2.24, 2.45) is 5.92 Å². The van der Waals surface area contributed by atoms with Crippen LogP contribution in [-0.2, 0) is 4.74 Å². The first-order valence-corrected chi connectivity index (χ1v) is 9.15. The molecule has 0 aliphatic carbocycles. The number of rotatable bonds is 9. The number of benzene rings is 1. The van der Waals surface area contributed by atoms with E-state index in [9.17, 15) is 9.90 Å². The predicted octanol–water partition coefficient (Wildman–Crippen LogP) is 3.43. The number of aliphatic hydroxyl groups excluding tert-OH is 1. The fourth-order valence-corrected chi connectivity index (χ4v) is 2.70. The average molecular weight is 361 g/mol. The number of pyridine rings is 1. The lowest BCUT2D eigenvalue weighted by molar-refractivity contribution is 0.0450. The molecule has 0 spiro atoms. The maximum atomic E-state index is 12.1. The summed E-state index contributed by atoms with van der Waals surface area (Å²) in [6.07, 6.45) is 1.04. The molecule has 0 aliphatic heterocycles. The molecule has 1 N–H and O–H groups in total. The molecule has 2 rings (SSSR count). The third-order valence-electron chi connectivity index (χ3n) is 3.15. The fraction of sp³-hybridized carbons (Fsp3) is 0.368. The molecule has 0 bridgehead atoms. The summed E-state index contributed by atoms with van der Waals surface area (Å²) in [4.78, 5) is 16.3. The van der Waals surface area contributed by atoms with Gasteiger partial charge in [-0.15, -0.1) is 11.8 Å². The summed E-state index contributed by atoms with van der Waals surface area (Å²) in [5.41, 5.74) is 0.368. The van der Waals surface area contributed by atoms with Crippen molar-refractivity contribution in [3.05, 3.63) is 54.2 Å². The van der Waals surface area contributed by atoms with Gasteiger partial charge in [0.15, 0.2) is 0 Å². The molecule has 2 aromatic rings. The molecular weight excluding hydrogens is 338 g/mol. The number of carbonyl (C=O) groups excluding carboxylic acids is 1. The van der Waals surface area contributed by atoms with Gasteiger partial charge in [0.1, 0.15) is 17.9 Å². The van der Waals surface area contributed by atoms with Gasteiger partial charge >= 0.3 is 5.97 Å². The molecule has 1 atom stereocenters. The van der Waals surface area contributed by atoms with E-state index < -0.39 is 12.1 Å². The van der Waals surface area contributed by atoms with Gasteiger partial charge in [-0.05, 0) is 30.2 Å². The Kier molecular flexibility index (Phi) is 7.76. The highest BCUT2D eigenvalue weighted by atomic mass is 32.2. The number of carbonyl (C=O) groups is 1. The van der Waals surface area contributed by atoms with E-state index in [0.717, 1.165) is 5.03 Å². The van der Waals surface area contributed by atoms with Gasteiger partial charge in [0.25, 0.3) is 0 Å². The van der Waals surface area contributed by atoms with Crippen LogP contribution in [0.1, 0.15) is 24.2 Å². The van der Waals surface area contributed by atoms with E-state index in [1.165, 1.54) is 11.8 Å². The highest BCUT2D eigenvalue weighted by Gasteiger charge is 2.15. The predicted molar refractivity (Wildman–Crippen MR) is 98.0 cm³/mol. The smallest absolute Gasteiger partial charge is 0.341 e. The molecule has 0 fully saturated rings. The monoisotopic (exact) mass is 361 g/mol. The lowest BCUT2D eigenvalue weighted by Gasteiger charge is -2.15. The van der Waals surface area contributed by atoms with Crippen LogP contribution in [0, 0.1) is 5.92 Å². The van der Waals surface area contributed by atoms with Gasteiger partial charge in [-0.3, -0.25) is 0 Å². The first-order chi connectivity index (χ1) is 12.1. The minimum Gasteiger partial charge on any atom is -0.490 e. The highest BCUT2D eigenvalue weighted by Crippen LogP contribution is 2.21. The van der Waals surface area contributed by atoms with Gasteiger partial charge in [-0.1, -0.05) is 32.0 Å². The number of nitrogens with zero attached hydrogens (tertiary/aromatic N) is 1. The number of aliphatic hydroxyl groups is 1. The standard InChI is InChI=1S/C19H23NO4S/c1-14(2)11-24-19(22)16-7-3-4-8-17(16)23-12-15(21)13-25-18-9-5-6-10-20-18/h3-10,14-15,21H,11-13H2,1-2H3. The van der Waals surface area contributed by atoms with Crippen molar-refractivity contribution in [1.82, 2.24) is 4.98 Å². The molecule has 5 nitrogen and oxygen atoms in total. The minimum atomic E-state index is -0.674.